The molecule has 30 heavy (non-hydrogen) atoms. The van der Waals surface area contributed by atoms with Crippen molar-refractivity contribution in [2.75, 3.05) is 37.3 Å². The van der Waals surface area contributed by atoms with Gasteiger partial charge >= 0.3 is 0 Å². The third-order valence-electron chi connectivity index (χ3n) is 4.96. The molecule has 1 heterocycles. The molecular weight excluding hydrogens is 400 g/mol. The number of nitrogens with one attached hydrogen (secondary N) is 2. The van der Waals surface area contributed by atoms with Crippen LogP contribution < -0.4 is 15.5 Å². The normalized spacial score (nSPS) is 13.8. The smallest absolute Gasteiger partial charge is 0.248 e. The minimum atomic E-state index is -3.18. The highest BCUT2D eigenvalue weighted by atomic mass is 32.2. The average molecular weight is 429 g/mol. The number of hydrogen-bond acceptors (Lipinski definition) is 4. The van der Waals surface area contributed by atoms with Crippen molar-refractivity contribution in [2.24, 2.45) is 4.99 Å². The molecule has 0 aromatic heterocycles. The van der Waals surface area contributed by atoms with Gasteiger partial charge in [-0.05, 0) is 49.1 Å². The molecule has 7 nitrogen and oxygen atoms in total. The summed E-state index contributed by atoms with van der Waals surface area (Å²) in [5, 5.41) is 6.38. The van der Waals surface area contributed by atoms with Crippen LogP contribution in [0.25, 0.3) is 0 Å². The summed E-state index contributed by atoms with van der Waals surface area (Å²) in [6.45, 7) is 4.05. The Morgan fingerprint density at radius 3 is 2.53 bits per heavy atom. The minimum Gasteiger partial charge on any atom is -0.357 e. The Morgan fingerprint density at radius 1 is 1.10 bits per heavy atom. The Labute approximate surface area is 178 Å². The number of aliphatic imine (C=N–C) groups is 1. The predicted molar refractivity (Wildman–Crippen MR) is 120 cm³/mol. The standard InChI is InChI=1S/C22H28N4O3S/c1-3-23-22(24-14-12-17-8-10-19(11-9-17)30(2,28)29)25-16-21(27)26-15-13-18-6-4-5-7-20(18)26/h4-11H,3,12-16H2,1-2H3,(H2,23,24,25). The molecule has 0 saturated carbocycles. The number of amides is 1. The molecular formula is C22H28N4O3S. The molecule has 0 saturated heterocycles. The summed E-state index contributed by atoms with van der Waals surface area (Å²) in [5.74, 6) is 0.569. The van der Waals surface area contributed by atoms with Gasteiger partial charge in [-0.2, -0.15) is 0 Å². The number of carbonyl (C=O) groups excluding carboxylic acids is 1. The van der Waals surface area contributed by atoms with E-state index in [2.05, 4.69) is 21.7 Å². The minimum absolute atomic E-state index is 0.0199. The van der Waals surface area contributed by atoms with Crippen LogP contribution in [0.5, 0.6) is 0 Å². The fourth-order valence-corrected chi connectivity index (χ4v) is 4.03. The van der Waals surface area contributed by atoms with Crippen LogP contribution in [0.1, 0.15) is 18.1 Å². The van der Waals surface area contributed by atoms with Gasteiger partial charge in [0, 0.05) is 31.6 Å². The van der Waals surface area contributed by atoms with Gasteiger partial charge in [-0.15, -0.1) is 0 Å². The lowest BCUT2D eigenvalue weighted by atomic mass is 10.1. The maximum atomic E-state index is 12.6. The first-order valence-corrected chi connectivity index (χ1v) is 12.0. The van der Waals surface area contributed by atoms with E-state index >= 15 is 0 Å². The lowest BCUT2D eigenvalue weighted by Crippen LogP contribution is -2.39. The first-order chi connectivity index (χ1) is 14.4. The second kappa shape index (κ2) is 9.75. The second-order valence-corrected chi connectivity index (χ2v) is 9.23. The van der Waals surface area contributed by atoms with Gasteiger partial charge in [0.25, 0.3) is 0 Å². The summed E-state index contributed by atoms with van der Waals surface area (Å²) in [7, 11) is -3.18. The molecule has 0 spiro atoms. The van der Waals surface area contributed by atoms with E-state index in [9.17, 15) is 13.2 Å². The highest BCUT2D eigenvalue weighted by Crippen LogP contribution is 2.27. The zero-order valence-electron chi connectivity index (χ0n) is 17.4. The van der Waals surface area contributed by atoms with Crippen molar-refractivity contribution >= 4 is 27.4 Å². The van der Waals surface area contributed by atoms with Crippen molar-refractivity contribution in [1.82, 2.24) is 10.6 Å². The van der Waals surface area contributed by atoms with Crippen molar-refractivity contribution < 1.29 is 13.2 Å². The first-order valence-electron chi connectivity index (χ1n) is 10.1. The van der Waals surface area contributed by atoms with Crippen LogP contribution >= 0.6 is 0 Å². The highest BCUT2D eigenvalue weighted by molar-refractivity contribution is 7.90. The van der Waals surface area contributed by atoms with Gasteiger partial charge < -0.3 is 15.5 Å². The molecule has 3 rings (SSSR count). The molecule has 0 aliphatic carbocycles. The van der Waals surface area contributed by atoms with Gasteiger partial charge in [0.2, 0.25) is 5.91 Å². The third-order valence-corrected chi connectivity index (χ3v) is 6.09. The number of rotatable bonds is 7. The van der Waals surface area contributed by atoms with Crippen LogP contribution in [-0.2, 0) is 27.5 Å². The van der Waals surface area contributed by atoms with Gasteiger partial charge in [0.1, 0.15) is 6.54 Å². The van der Waals surface area contributed by atoms with E-state index in [0.717, 1.165) is 17.7 Å². The molecule has 0 fully saturated rings. The van der Waals surface area contributed by atoms with E-state index in [1.54, 1.807) is 17.0 Å². The molecule has 0 bridgehead atoms. The Kier molecular flexibility index (Phi) is 7.10. The quantitative estimate of drug-likeness (QED) is 0.518. The average Bonchev–Trinajstić information content (AvgIpc) is 3.16. The summed E-state index contributed by atoms with van der Waals surface area (Å²) >= 11 is 0. The van der Waals surface area contributed by atoms with Crippen LogP contribution in [0.4, 0.5) is 5.69 Å². The molecule has 8 heteroatoms. The summed E-state index contributed by atoms with van der Waals surface area (Å²) in [4.78, 5) is 19.2. The molecule has 2 aromatic carbocycles. The highest BCUT2D eigenvalue weighted by Gasteiger charge is 2.23. The lowest BCUT2D eigenvalue weighted by molar-refractivity contribution is -0.117. The molecule has 0 atom stereocenters. The predicted octanol–water partition coefficient (Wildman–Crippen LogP) is 1.78. The first kappa shape index (κ1) is 21.8. The maximum absolute atomic E-state index is 12.6. The number of carbonyl (C=O) groups is 1. The number of sulfone groups is 1. The SMILES string of the molecule is CCNC(=NCC(=O)N1CCc2ccccc21)NCCc1ccc(S(C)(=O)=O)cc1. The Balaban J connectivity index is 1.54. The summed E-state index contributed by atoms with van der Waals surface area (Å²) in [5.41, 5.74) is 3.20. The third kappa shape index (κ3) is 5.60. The topological polar surface area (TPSA) is 90.9 Å². The molecule has 0 radical (unpaired) electrons. The number of para-hydroxylation sites is 1. The lowest BCUT2D eigenvalue weighted by Gasteiger charge is -2.17. The molecule has 0 unspecified atom stereocenters. The molecule has 2 N–H and O–H groups in total. The fourth-order valence-electron chi connectivity index (χ4n) is 3.40. The summed E-state index contributed by atoms with van der Waals surface area (Å²) in [6.07, 6.45) is 2.79. The number of guanidine groups is 1. The van der Waals surface area contributed by atoms with Gasteiger partial charge in [-0.1, -0.05) is 30.3 Å². The number of fused-ring (bicyclic) bond motifs is 1. The molecule has 1 aliphatic rings. The van der Waals surface area contributed by atoms with Crippen LogP contribution in [-0.4, -0.2) is 52.7 Å². The van der Waals surface area contributed by atoms with Crippen LogP contribution in [0.3, 0.4) is 0 Å². The molecule has 1 aliphatic heterocycles. The number of nitrogens with zero attached hydrogens (tertiary/aromatic N) is 2. The fraction of sp³-hybridized carbons (Fsp3) is 0.364. The Bertz CT molecular complexity index is 1020. The largest absolute Gasteiger partial charge is 0.357 e. The molecule has 160 valence electrons. The van der Waals surface area contributed by atoms with Gasteiger partial charge in [0.05, 0.1) is 4.90 Å². The van der Waals surface area contributed by atoms with E-state index in [1.807, 2.05) is 37.3 Å². The van der Waals surface area contributed by atoms with Gasteiger partial charge in [-0.3, -0.25) is 4.79 Å². The van der Waals surface area contributed by atoms with E-state index in [-0.39, 0.29) is 12.5 Å². The van der Waals surface area contributed by atoms with Crippen LogP contribution in [0.2, 0.25) is 0 Å². The zero-order chi connectivity index (χ0) is 21.6. The van der Waals surface area contributed by atoms with E-state index < -0.39 is 9.84 Å². The molecule has 2 aromatic rings. The van der Waals surface area contributed by atoms with E-state index in [4.69, 9.17) is 0 Å². The van der Waals surface area contributed by atoms with E-state index in [0.29, 0.717) is 36.9 Å². The van der Waals surface area contributed by atoms with Crippen molar-refractivity contribution in [2.45, 2.75) is 24.7 Å². The van der Waals surface area contributed by atoms with Gasteiger partial charge in [0.15, 0.2) is 15.8 Å². The Morgan fingerprint density at radius 2 is 1.83 bits per heavy atom. The molecule has 1 amide bonds. The Hall–Kier alpha value is -2.87. The van der Waals surface area contributed by atoms with Crippen molar-refractivity contribution in [3.63, 3.8) is 0 Å². The summed E-state index contributed by atoms with van der Waals surface area (Å²) in [6, 6.07) is 14.8. The van der Waals surface area contributed by atoms with Crippen molar-refractivity contribution in [3.05, 3.63) is 59.7 Å². The summed E-state index contributed by atoms with van der Waals surface area (Å²) < 4.78 is 23.1. The van der Waals surface area contributed by atoms with Crippen LogP contribution in [0, 0.1) is 0 Å². The van der Waals surface area contributed by atoms with E-state index in [1.165, 1.54) is 11.8 Å². The van der Waals surface area contributed by atoms with Gasteiger partial charge in [-0.25, -0.2) is 13.4 Å². The van der Waals surface area contributed by atoms with Crippen LogP contribution in [0.15, 0.2) is 58.4 Å². The number of anilines is 1. The zero-order valence-corrected chi connectivity index (χ0v) is 18.2. The van der Waals surface area contributed by atoms with Crippen molar-refractivity contribution in [3.8, 4) is 0 Å². The number of benzene rings is 2. The monoisotopic (exact) mass is 428 g/mol. The second-order valence-electron chi connectivity index (χ2n) is 7.21. The number of hydrogen-bond donors (Lipinski definition) is 2. The van der Waals surface area contributed by atoms with Crippen molar-refractivity contribution in [1.29, 1.82) is 0 Å². The maximum Gasteiger partial charge on any atom is 0.248 e.